The first-order valence-electron chi connectivity index (χ1n) is 4.10. The number of hydrogen-bond donors (Lipinski definition) is 1. The zero-order valence-corrected chi connectivity index (χ0v) is 8.84. The third-order valence-electron chi connectivity index (χ3n) is 1.37. The van der Waals surface area contributed by atoms with E-state index < -0.39 is 13.6 Å². The standard InChI is InChI=1S/C8H15O4P/c1-4-5-6-13(10,11)12-8(9)7(2)3/h2,4-6H2,1,3H3,(H,10,11). The highest BCUT2D eigenvalue weighted by Crippen LogP contribution is 2.43. The van der Waals surface area contributed by atoms with Gasteiger partial charge in [0.15, 0.2) is 0 Å². The molecule has 1 atom stereocenters. The van der Waals surface area contributed by atoms with Crippen LogP contribution in [0.3, 0.4) is 0 Å². The van der Waals surface area contributed by atoms with Crippen LogP contribution in [0.25, 0.3) is 0 Å². The van der Waals surface area contributed by atoms with E-state index in [1.54, 1.807) is 0 Å². The quantitative estimate of drug-likeness (QED) is 0.552. The van der Waals surface area contributed by atoms with Crippen molar-refractivity contribution in [2.75, 3.05) is 6.16 Å². The van der Waals surface area contributed by atoms with E-state index in [1.807, 2.05) is 6.92 Å². The Hall–Kier alpha value is -0.600. The van der Waals surface area contributed by atoms with Crippen molar-refractivity contribution in [1.82, 2.24) is 0 Å². The van der Waals surface area contributed by atoms with Crippen molar-refractivity contribution in [3.05, 3.63) is 12.2 Å². The normalized spacial score (nSPS) is 14.7. The van der Waals surface area contributed by atoms with Crippen LogP contribution in [0.1, 0.15) is 26.7 Å². The van der Waals surface area contributed by atoms with Crippen LogP contribution in [0.15, 0.2) is 12.2 Å². The summed E-state index contributed by atoms with van der Waals surface area (Å²) in [5.41, 5.74) is 0.130. The molecule has 76 valence electrons. The second kappa shape index (κ2) is 5.20. The van der Waals surface area contributed by atoms with E-state index in [-0.39, 0.29) is 11.7 Å². The summed E-state index contributed by atoms with van der Waals surface area (Å²) in [4.78, 5) is 20.0. The number of unbranched alkanes of at least 4 members (excludes halogenated alkanes) is 1. The van der Waals surface area contributed by atoms with E-state index in [0.29, 0.717) is 6.42 Å². The monoisotopic (exact) mass is 206 g/mol. The second-order valence-electron chi connectivity index (χ2n) is 2.87. The van der Waals surface area contributed by atoms with Crippen molar-refractivity contribution in [1.29, 1.82) is 0 Å². The second-order valence-corrected chi connectivity index (χ2v) is 4.78. The number of hydrogen-bond acceptors (Lipinski definition) is 3. The Bertz CT molecular complexity index is 247. The number of carbonyl (C=O) groups is 1. The summed E-state index contributed by atoms with van der Waals surface area (Å²) in [6.45, 7) is 6.63. The minimum absolute atomic E-state index is 0.0164. The van der Waals surface area contributed by atoms with Crippen LogP contribution in [0.2, 0.25) is 0 Å². The molecule has 5 heteroatoms. The maximum atomic E-state index is 11.2. The minimum atomic E-state index is -3.73. The molecule has 0 aromatic carbocycles. The predicted molar refractivity (Wildman–Crippen MR) is 50.5 cm³/mol. The van der Waals surface area contributed by atoms with Crippen molar-refractivity contribution in [3.63, 3.8) is 0 Å². The lowest BCUT2D eigenvalue weighted by Gasteiger charge is -2.10. The topological polar surface area (TPSA) is 63.6 Å². The van der Waals surface area contributed by atoms with E-state index >= 15 is 0 Å². The molecule has 0 radical (unpaired) electrons. The van der Waals surface area contributed by atoms with Gasteiger partial charge in [0.25, 0.3) is 0 Å². The average molecular weight is 206 g/mol. The third kappa shape index (κ3) is 5.61. The number of carbonyl (C=O) groups excluding carboxylic acids is 1. The van der Waals surface area contributed by atoms with Gasteiger partial charge >= 0.3 is 13.6 Å². The molecule has 0 aliphatic rings. The first-order chi connectivity index (χ1) is 5.89. The summed E-state index contributed by atoms with van der Waals surface area (Å²) < 4.78 is 15.5. The molecule has 0 aliphatic heterocycles. The molecule has 4 nitrogen and oxygen atoms in total. The summed E-state index contributed by atoms with van der Waals surface area (Å²) >= 11 is 0. The fourth-order valence-electron chi connectivity index (χ4n) is 0.611. The fraction of sp³-hybridized carbons (Fsp3) is 0.625. The van der Waals surface area contributed by atoms with Crippen molar-refractivity contribution < 1.29 is 18.8 Å². The highest BCUT2D eigenvalue weighted by Gasteiger charge is 2.23. The molecule has 0 heterocycles. The van der Waals surface area contributed by atoms with Crippen molar-refractivity contribution in [3.8, 4) is 0 Å². The first kappa shape index (κ1) is 12.4. The van der Waals surface area contributed by atoms with Crippen LogP contribution in [-0.4, -0.2) is 17.0 Å². The summed E-state index contributed by atoms with van der Waals surface area (Å²) in [5, 5.41) is 0. The molecule has 0 aromatic heterocycles. The minimum Gasteiger partial charge on any atom is -0.388 e. The van der Waals surface area contributed by atoms with Gasteiger partial charge in [-0.3, -0.25) is 0 Å². The molecular weight excluding hydrogens is 191 g/mol. The Morgan fingerprint density at radius 3 is 2.54 bits per heavy atom. The van der Waals surface area contributed by atoms with Crippen LogP contribution in [0.5, 0.6) is 0 Å². The predicted octanol–water partition coefficient (Wildman–Crippen LogP) is 2.09. The molecule has 0 rings (SSSR count). The van der Waals surface area contributed by atoms with E-state index in [0.717, 1.165) is 6.42 Å². The van der Waals surface area contributed by atoms with Gasteiger partial charge in [0.05, 0.1) is 6.16 Å². The molecule has 1 unspecified atom stereocenters. The smallest absolute Gasteiger partial charge is 0.378 e. The van der Waals surface area contributed by atoms with Gasteiger partial charge in [-0.2, -0.15) is 0 Å². The zero-order valence-electron chi connectivity index (χ0n) is 7.95. The summed E-state index contributed by atoms with van der Waals surface area (Å²) in [6.07, 6.45) is 1.37. The van der Waals surface area contributed by atoms with Gasteiger partial charge in [-0.05, 0) is 13.3 Å². The Morgan fingerprint density at radius 1 is 1.62 bits per heavy atom. The Balaban J connectivity index is 4.09. The molecule has 0 saturated heterocycles. The van der Waals surface area contributed by atoms with Gasteiger partial charge in [0, 0.05) is 5.57 Å². The fourth-order valence-corrected chi connectivity index (χ4v) is 1.83. The van der Waals surface area contributed by atoms with Crippen LogP contribution in [0.4, 0.5) is 0 Å². The molecule has 0 aromatic rings. The van der Waals surface area contributed by atoms with E-state index in [9.17, 15) is 9.36 Å². The molecule has 0 spiro atoms. The lowest BCUT2D eigenvalue weighted by Crippen LogP contribution is -2.04. The van der Waals surface area contributed by atoms with Crippen molar-refractivity contribution >= 4 is 13.6 Å². The van der Waals surface area contributed by atoms with Gasteiger partial charge in [-0.1, -0.05) is 19.9 Å². The van der Waals surface area contributed by atoms with E-state index in [1.165, 1.54) is 6.92 Å². The molecule has 0 amide bonds. The lowest BCUT2D eigenvalue weighted by atomic mass is 10.4. The molecular formula is C8H15O4P. The van der Waals surface area contributed by atoms with Crippen LogP contribution in [0, 0.1) is 0 Å². The molecule has 0 bridgehead atoms. The Kier molecular flexibility index (Phi) is 4.96. The van der Waals surface area contributed by atoms with Crippen molar-refractivity contribution in [2.24, 2.45) is 0 Å². The average Bonchev–Trinajstić information content (AvgIpc) is 2.00. The summed E-state index contributed by atoms with van der Waals surface area (Å²) in [6, 6.07) is 0. The zero-order chi connectivity index (χ0) is 10.5. The lowest BCUT2D eigenvalue weighted by molar-refractivity contribution is -0.130. The van der Waals surface area contributed by atoms with Gasteiger partial charge in [-0.25, -0.2) is 9.36 Å². The van der Waals surface area contributed by atoms with Gasteiger partial charge in [-0.15, -0.1) is 0 Å². The maximum Gasteiger partial charge on any atom is 0.378 e. The molecule has 13 heavy (non-hydrogen) atoms. The van der Waals surface area contributed by atoms with Crippen LogP contribution in [-0.2, 0) is 13.9 Å². The summed E-state index contributed by atoms with van der Waals surface area (Å²) in [5.74, 6) is -0.804. The maximum absolute atomic E-state index is 11.2. The van der Waals surface area contributed by atoms with E-state index in [4.69, 9.17) is 4.89 Å². The third-order valence-corrected chi connectivity index (χ3v) is 2.70. The number of rotatable bonds is 5. The van der Waals surface area contributed by atoms with E-state index in [2.05, 4.69) is 11.1 Å². The van der Waals surface area contributed by atoms with Gasteiger partial charge < -0.3 is 9.42 Å². The van der Waals surface area contributed by atoms with Crippen molar-refractivity contribution in [2.45, 2.75) is 26.7 Å². The Morgan fingerprint density at radius 2 is 2.15 bits per heavy atom. The Labute approximate surface area is 78.1 Å². The molecule has 0 fully saturated rings. The molecule has 0 aliphatic carbocycles. The highest BCUT2D eigenvalue weighted by molar-refractivity contribution is 7.53. The van der Waals surface area contributed by atoms with Crippen LogP contribution < -0.4 is 0 Å². The SMILES string of the molecule is C=C(C)C(=O)OP(=O)(O)CCCC. The summed E-state index contributed by atoms with van der Waals surface area (Å²) in [7, 11) is -3.73. The largest absolute Gasteiger partial charge is 0.388 e. The molecule has 1 N–H and O–H groups in total. The van der Waals surface area contributed by atoms with Gasteiger partial charge in [0.2, 0.25) is 0 Å². The van der Waals surface area contributed by atoms with Gasteiger partial charge in [0.1, 0.15) is 0 Å². The first-order valence-corrected chi connectivity index (χ1v) is 5.86. The molecule has 0 saturated carbocycles. The van der Waals surface area contributed by atoms with Crippen LogP contribution >= 0.6 is 7.60 Å². The highest BCUT2D eigenvalue weighted by atomic mass is 31.2.